The van der Waals surface area contributed by atoms with Crippen LogP contribution in [0.25, 0.3) is 0 Å². The Balaban J connectivity index is 2.90. The fourth-order valence-corrected chi connectivity index (χ4v) is 3.56. The van der Waals surface area contributed by atoms with Gasteiger partial charge in [0.15, 0.2) is 0 Å². The standard InChI is InChI=1S/C10H15NO4S2/c1-3-7(2)6-11-17(14,15)8-4-5-16-9(8)10(12)13/h4-5,7,11H,3,6H2,1-2H3,(H,12,13). The molecule has 1 atom stereocenters. The summed E-state index contributed by atoms with van der Waals surface area (Å²) in [6.07, 6.45) is 0.859. The molecule has 17 heavy (non-hydrogen) atoms. The Kier molecular flexibility index (Phi) is 4.67. The van der Waals surface area contributed by atoms with E-state index in [1.807, 2.05) is 13.8 Å². The number of rotatable bonds is 6. The number of aromatic carboxylic acids is 1. The van der Waals surface area contributed by atoms with Gasteiger partial charge >= 0.3 is 5.97 Å². The zero-order valence-corrected chi connectivity index (χ0v) is 11.3. The van der Waals surface area contributed by atoms with Gasteiger partial charge in [0.25, 0.3) is 0 Å². The van der Waals surface area contributed by atoms with Crippen molar-refractivity contribution in [1.82, 2.24) is 4.72 Å². The van der Waals surface area contributed by atoms with Crippen LogP contribution < -0.4 is 4.72 Å². The molecule has 0 radical (unpaired) electrons. The van der Waals surface area contributed by atoms with Gasteiger partial charge in [-0.25, -0.2) is 17.9 Å². The predicted octanol–water partition coefficient (Wildman–Crippen LogP) is 1.77. The topological polar surface area (TPSA) is 83.5 Å². The zero-order chi connectivity index (χ0) is 13.1. The highest BCUT2D eigenvalue weighted by Crippen LogP contribution is 2.21. The van der Waals surface area contributed by atoms with E-state index in [2.05, 4.69) is 4.72 Å². The van der Waals surface area contributed by atoms with Crippen molar-refractivity contribution in [1.29, 1.82) is 0 Å². The molecular formula is C10H15NO4S2. The minimum atomic E-state index is -3.72. The molecule has 0 aliphatic heterocycles. The van der Waals surface area contributed by atoms with Gasteiger partial charge in [0.2, 0.25) is 10.0 Å². The minimum absolute atomic E-state index is 0.151. The summed E-state index contributed by atoms with van der Waals surface area (Å²) in [6, 6.07) is 1.31. The van der Waals surface area contributed by atoms with Crippen molar-refractivity contribution in [3.8, 4) is 0 Å². The molecule has 2 N–H and O–H groups in total. The van der Waals surface area contributed by atoms with E-state index in [0.29, 0.717) is 6.54 Å². The molecule has 0 fully saturated rings. The van der Waals surface area contributed by atoms with Crippen LogP contribution in [0.4, 0.5) is 0 Å². The molecule has 1 rings (SSSR count). The van der Waals surface area contributed by atoms with E-state index < -0.39 is 16.0 Å². The summed E-state index contributed by atoms with van der Waals surface area (Å²) in [4.78, 5) is 10.5. The highest BCUT2D eigenvalue weighted by Gasteiger charge is 2.23. The van der Waals surface area contributed by atoms with Gasteiger partial charge in [-0.1, -0.05) is 20.3 Å². The Morgan fingerprint density at radius 2 is 2.24 bits per heavy atom. The van der Waals surface area contributed by atoms with E-state index in [-0.39, 0.29) is 15.7 Å². The summed E-state index contributed by atoms with van der Waals surface area (Å²) in [5.41, 5.74) is 0. The molecule has 0 aliphatic carbocycles. The quantitative estimate of drug-likeness (QED) is 0.830. The maximum Gasteiger partial charge on any atom is 0.347 e. The van der Waals surface area contributed by atoms with Gasteiger partial charge in [-0.2, -0.15) is 0 Å². The third-order valence-electron chi connectivity index (χ3n) is 2.43. The molecule has 1 heterocycles. The van der Waals surface area contributed by atoms with Crippen LogP contribution >= 0.6 is 11.3 Å². The van der Waals surface area contributed by atoms with Crippen molar-refractivity contribution >= 4 is 27.3 Å². The second-order valence-corrected chi connectivity index (χ2v) is 6.44. The molecule has 1 unspecified atom stereocenters. The molecule has 0 saturated carbocycles. The lowest BCUT2D eigenvalue weighted by molar-refractivity contribution is 0.0698. The van der Waals surface area contributed by atoms with Crippen molar-refractivity contribution in [3.63, 3.8) is 0 Å². The van der Waals surface area contributed by atoms with E-state index in [0.717, 1.165) is 17.8 Å². The number of hydrogen-bond donors (Lipinski definition) is 2. The second-order valence-electron chi connectivity index (χ2n) is 3.78. The normalized spacial score (nSPS) is 13.5. The summed E-state index contributed by atoms with van der Waals surface area (Å²) in [7, 11) is -3.72. The van der Waals surface area contributed by atoms with E-state index in [1.54, 1.807) is 0 Å². The highest BCUT2D eigenvalue weighted by atomic mass is 32.2. The van der Waals surface area contributed by atoms with Gasteiger partial charge in [-0.05, 0) is 17.4 Å². The van der Waals surface area contributed by atoms with Crippen LogP contribution in [0.2, 0.25) is 0 Å². The molecule has 1 aromatic heterocycles. The number of carboxylic acids is 1. The zero-order valence-electron chi connectivity index (χ0n) is 9.63. The van der Waals surface area contributed by atoms with Crippen molar-refractivity contribution in [2.75, 3.05) is 6.54 Å². The number of sulfonamides is 1. The van der Waals surface area contributed by atoms with Crippen LogP contribution in [-0.4, -0.2) is 26.0 Å². The first kappa shape index (κ1) is 14.1. The highest BCUT2D eigenvalue weighted by molar-refractivity contribution is 7.89. The molecule has 96 valence electrons. The van der Waals surface area contributed by atoms with Crippen LogP contribution in [0.15, 0.2) is 16.3 Å². The molecule has 0 bridgehead atoms. The Labute approximate surface area is 105 Å². The van der Waals surface area contributed by atoms with E-state index in [1.165, 1.54) is 11.4 Å². The molecule has 1 aromatic rings. The first-order chi connectivity index (χ1) is 7.88. The third-order valence-corrected chi connectivity index (χ3v) is 4.93. The first-order valence-corrected chi connectivity index (χ1v) is 7.55. The fourth-order valence-electron chi connectivity index (χ4n) is 1.14. The SMILES string of the molecule is CCC(C)CNS(=O)(=O)c1ccsc1C(=O)O. The van der Waals surface area contributed by atoms with Gasteiger partial charge < -0.3 is 5.11 Å². The monoisotopic (exact) mass is 277 g/mol. The van der Waals surface area contributed by atoms with Crippen LogP contribution in [0.1, 0.15) is 29.9 Å². The number of nitrogens with one attached hydrogen (secondary N) is 1. The van der Waals surface area contributed by atoms with Gasteiger partial charge in [-0.3, -0.25) is 0 Å². The average Bonchev–Trinajstić information content (AvgIpc) is 2.75. The Hall–Kier alpha value is -0.920. The molecule has 0 spiro atoms. The Bertz CT molecular complexity index is 492. The Morgan fingerprint density at radius 1 is 1.59 bits per heavy atom. The molecule has 5 nitrogen and oxygen atoms in total. The number of hydrogen-bond acceptors (Lipinski definition) is 4. The van der Waals surface area contributed by atoms with Gasteiger partial charge in [0.1, 0.15) is 9.77 Å². The minimum Gasteiger partial charge on any atom is -0.477 e. The number of carboxylic acid groups (broad SMARTS) is 1. The van der Waals surface area contributed by atoms with Crippen molar-refractivity contribution in [3.05, 3.63) is 16.3 Å². The molecule has 0 aromatic carbocycles. The summed E-state index contributed by atoms with van der Waals surface area (Å²) in [5.74, 6) is -0.999. The molecular weight excluding hydrogens is 262 g/mol. The number of carbonyl (C=O) groups is 1. The van der Waals surface area contributed by atoms with E-state index in [9.17, 15) is 13.2 Å². The predicted molar refractivity (Wildman–Crippen MR) is 65.9 cm³/mol. The van der Waals surface area contributed by atoms with Gasteiger partial charge in [0, 0.05) is 6.54 Å². The molecule has 0 saturated heterocycles. The van der Waals surface area contributed by atoms with Crippen molar-refractivity contribution in [2.45, 2.75) is 25.2 Å². The van der Waals surface area contributed by atoms with Crippen LogP contribution in [0.3, 0.4) is 0 Å². The fraction of sp³-hybridized carbons (Fsp3) is 0.500. The van der Waals surface area contributed by atoms with E-state index >= 15 is 0 Å². The summed E-state index contributed by atoms with van der Waals surface area (Å²) >= 11 is 0.906. The molecule has 0 amide bonds. The molecule has 0 aliphatic rings. The number of thiophene rings is 1. The van der Waals surface area contributed by atoms with Gasteiger partial charge in [-0.15, -0.1) is 11.3 Å². The van der Waals surface area contributed by atoms with Crippen LogP contribution in [0.5, 0.6) is 0 Å². The second kappa shape index (κ2) is 5.61. The lowest BCUT2D eigenvalue weighted by atomic mass is 10.1. The lowest BCUT2D eigenvalue weighted by Gasteiger charge is -2.10. The largest absolute Gasteiger partial charge is 0.477 e. The van der Waals surface area contributed by atoms with Crippen LogP contribution in [-0.2, 0) is 10.0 Å². The molecule has 7 heteroatoms. The summed E-state index contributed by atoms with van der Waals surface area (Å²) < 4.78 is 26.2. The maximum atomic E-state index is 11.9. The lowest BCUT2D eigenvalue weighted by Crippen LogP contribution is -2.28. The smallest absolute Gasteiger partial charge is 0.347 e. The van der Waals surface area contributed by atoms with Crippen LogP contribution in [0, 0.1) is 5.92 Å². The van der Waals surface area contributed by atoms with Crippen molar-refractivity contribution < 1.29 is 18.3 Å². The summed E-state index contributed by atoms with van der Waals surface area (Å²) in [6.45, 7) is 4.20. The average molecular weight is 277 g/mol. The Morgan fingerprint density at radius 3 is 2.76 bits per heavy atom. The van der Waals surface area contributed by atoms with E-state index in [4.69, 9.17) is 5.11 Å². The maximum absolute atomic E-state index is 11.9. The summed E-state index contributed by atoms with van der Waals surface area (Å²) in [5, 5.41) is 10.3. The van der Waals surface area contributed by atoms with Gasteiger partial charge in [0.05, 0.1) is 0 Å². The first-order valence-electron chi connectivity index (χ1n) is 5.19. The van der Waals surface area contributed by atoms with Crippen molar-refractivity contribution in [2.24, 2.45) is 5.92 Å². The third kappa shape index (κ3) is 3.52.